The van der Waals surface area contributed by atoms with Crippen LogP contribution in [0.1, 0.15) is 43.1 Å². The summed E-state index contributed by atoms with van der Waals surface area (Å²) in [5, 5.41) is 13.0. The molecule has 0 saturated carbocycles. The van der Waals surface area contributed by atoms with E-state index >= 15 is 4.39 Å². The van der Waals surface area contributed by atoms with Crippen molar-refractivity contribution in [2.24, 2.45) is 5.92 Å². The van der Waals surface area contributed by atoms with Crippen LogP contribution in [0.2, 0.25) is 0 Å². The van der Waals surface area contributed by atoms with Crippen LogP contribution in [0.4, 0.5) is 16.2 Å². The fraction of sp³-hybridized carbons (Fsp3) is 0.455. The van der Waals surface area contributed by atoms with Gasteiger partial charge in [-0.2, -0.15) is 22.8 Å². The molecule has 4 aromatic heterocycles. The highest BCUT2D eigenvalue weighted by Gasteiger charge is 2.52. The van der Waals surface area contributed by atoms with Crippen molar-refractivity contribution in [3.05, 3.63) is 70.3 Å². The van der Waals surface area contributed by atoms with E-state index in [1.54, 1.807) is 44.2 Å². The molecule has 4 N–H and O–H groups in total. The average Bonchev–Trinajstić information content (AvgIpc) is 4.02. The Bertz CT molecular complexity index is 2730. The minimum atomic E-state index is -4.72. The van der Waals surface area contributed by atoms with Crippen LogP contribution in [0.25, 0.3) is 27.2 Å². The SMILES string of the molecule is [C-]#[N+]CCOP1(=S)OC[C@@H]2C[C@@H](OS(=O)(=O)NC[C@H]3O[C@@H](n4cnc5c(NC(=O)c6ccccc6)ncnc54)[C@H](F)[C@@H]3O1)[C@H](n1nnc3c(=O)[nH]c(NC(=O)C(C)C)nc31)O2. The first-order valence-electron chi connectivity index (χ1n) is 18.5. The molecule has 8 rings (SSSR count). The van der Waals surface area contributed by atoms with Gasteiger partial charge >= 0.3 is 17.0 Å². The number of nitrogens with zero attached hydrogens (tertiary/aromatic N) is 9. The van der Waals surface area contributed by atoms with Gasteiger partial charge < -0.3 is 28.7 Å². The molecule has 3 saturated heterocycles. The number of alkyl halides is 1. The Balaban J connectivity index is 1.09. The van der Waals surface area contributed by atoms with Crippen LogP contribution in [-0.2, 0) is 54.1 Å². The van der Waals surface area contributed by atoms with Gasteiger partial charge in [0.05, 0.1) is 19.0 Å². The summed E-state index contributed by atoms with van der Waals surface area (Å²) >= 11 is 5.74. The van der Waals surface area contributed by atoms with Gasteiger partial charge in [0.15, 0.2) is 46.8 Å². The molecule has 0 aliphatic carbocycles. The van der Waals surface area contributed by atoms with Gasteiger partial charge in [-0.15, -0.1) is 5.10 Å². The molecule has 7 heterocycles. The van der Waals surface area contributed by atoms with E-state index in [4.69, 9.17) is 45.6 Å². The number of aromatic amines is 1. The van der Waals surface area contributed by atoms with E-state index in [1.807, 2.05) is 0 Å². The summed E-state index contributed by atoms with van der Waals surface area (Å²) in [5.74, 6) is -1.58. The molecule has 5 aromatic rings. The lowest BCUT2D eigenvalue weighted by Gasteiger charge is -2.28. The zero-order chi connectivity index (χ0) is 43.1. The molecule has 3 aliphatic rings. The topological polar surface area (TPSA) is 284 Å². The normalized spacial score (nSPS) is 27.8. The van der Waals surface area contributed by atoms with E-state index < -0.39 is 96.5 Å². The molecule has 1 unspecified atom stereocenters. The highest BCUT2D eigenvalue weighted by molar-refractivity contribution is 8.07. The van der Waals surface area contributed by atoms with Crippen molar-refractivity contribution in [3.8, 4) is 0 Å². The molecule has 61 heavy (non-hydrogen) atoms. The Morgan fingerprint density at radius 3 is 2.69 bits per heavy atom. The third-order valence-electron chi connectivity index (χ3n) is 9.49. The summed E-state index contributed by atoms with van der Waals surface area (Å²) in [5.41, 5.74) is -0.674. The number of imidazole rings is 1. The minimum absolute atomic E-state index is 0.0294. The lowest BCUT2D eigenvalue weighted by molar-refractivity contribution is -0.118. The zero-order valence-electron chi connectivity index (χ0n) is 31.9. The van der Waals surface area contributed by atoms with Gasteiger partial charge in [-0.25, -0.2) is 30.1 Å². The summed E-state index contributed by atoms with van der Waals surface area (Å²) in [6.45, 7) is 5.04. The van der Waals surface area contributed by atoms with Crippen molar-refractivity contribution in [1.82, 2.24) is 49.2 Å². The predicted octanol–water partition coefficient (Wildman–Crippen LogP) is 1.52. The van der Waals surface area contributed by atoms with E-state index in [0.717, 1.165) is 11.0 Å². The second kappa shape index (κ2) is 17.2. The second-order valence-electron chi connectivity index (χ2n) is 14.0. The Morgan fingerprint density at radius 2 is 1.92 bits per heavy atom. The van der Waals surface area contributed by atoms with E-state index in [0.29, 0.717) is 5.56 Å². The number of amides is 2. The lowest BCUT2D eigenvalue weighted by atomic mass is 10.1. The van der Waals surface area contributed by atoms with Gasteiger partial charge in [0.25, 0.3) is 11.5 Å². The summed E-state index contributed by atoms with van der Waals surface area (Å²) in [4.78, 5) is 60.9. The maximum atomic E-state index is 16.8. The number of hydrogen-bond acceptors (Lipinski definition) is 18. The molecule has 0 spiro atoms. The molecule has 3 fully saturated rings. The van der Waals surface area contributed by atoms with E-state index in [9.17, 15) is 22.8 Å². The number of halogens is 1. The molecule has 1 aromatic carbocycles. The Labute approximate surface area is 349 Å². The number of anilines is 2. The number of carbonyl (C=O) groups is 2. The number of hydrogen-bond donors (Lipinski definition) is 4. The van der Waals surface area contributed by atoms with Crippen molar-refractivity contribution in [1.29, 1.82) is 0 Å². The van der Waals surface area contributed by atoms with Crippen LogP contribution in [-0.4, -0.2) is 122 Å². The quantitative estimate of drug-likeness (QED) is 0.0927. The van der Waals surface area contributed by atoms with Crippen LogP contribution in [0, 0.1) is 12.5 Å². The van der Waals surface area contributed by atoms with Crippen molar-refractivity contribution >= 4 is 74.7 Å². The monoisotopic (exact) mass is 903 g/mol. The Kier molecular flexibility index (Phi) is 12.0. The molecule has 2 amide bonds. The molecule has 24 nitrogen and oxygen atoms in total. The number of carbonyl (C=O) groups excluding carboxylic acids is 2. The Hall–Kier alpha value is -5.27. The molecule has 322 valence electrons. The number of aromatic nitrogens is 9. The van der Waals surface area contributed by atoms with Crippen LogP contribution in [0.15, 0.2) is 47.8 Å². The maximum absolute atomic E-state index is 16.8. The summed E-state index contributed by atoms with van der Waals surface area (Å²) in [7, 11) is -4.72. The van der Waals surface area contributed by atoms with Gasteiger partial charge in [-0.3, -0.25) is 33.8 Å². The number of ether oxygens (including phenoxy) is 2. The molecule has 3 aliphatic heterocycles. The smallest absolute Gasteiger partial charge is 0.336 e. The zero-order valence-corrected chi connectivity index (χ0v) is 34.4. The number of nitrogens with one attached hydrogen (secondary N) is 4. The van der Waals surface area contributed by atoms with Gasteiger partial charge in [0.1, 0.15) is 31.2 Å². The van der Waals surface area contributed by atoms with Crippen molar-refractivity contribution in [2.75, 3.05) is 36.9 Å². The first kappa shape index (κ1) is 42.4. The van der Waals surface area contributed by atoms with Crippen molar-refractivity contribution in [3.63, 3.8) is 0 Å². The van der Waals surface area contributed by atoms with Crippen molar-refractivity contribution in [2.45, 2.75) is 63.3 Å². The van der Waals surface area contributed by atoms with E-state index in [2.05, 4.69) is 55.4 Å². The first-order valence-corrected chi connectivity index (χ1v) is 22.4. The molecule has 0 radical (unpaired) electrons. The fourth-order valence-electron chi connectivity index (χ4n) is 6.56. The average molecular weight is 904 g/mol. The highest BCUT2D eigenvalue weighted by Crippen LogP contribution is 2.55. The second-order valence-corrected chi connectivity index (χ2v) is 18.3. The minimum Gasteiger partial charge on any atom is -0.348 e. The van der Waals surface area contributed by atoms with Gasteiger partial charge in [0, 0.05) is 24.4 Å². The lowest BCUT2D eigenvalue weighted by Crippen LogP contribution is -2.42. The summed E-state index contributed by atoms with van der Waals surface area (Å²) in [6, 6.07) is 8.35. The fourth-order valence-corrected chi connectivity index (χ4v) is 9.61. The third-order valence-corrected chi connectivity index (χ3v) is 12.9. The summed E-state index contributed by atoms with van der Waals surface area (Å²) in [6.07, 6.45) is -8.24. The van der Waals surface area contributed by atoms with Crippen LogP contribution < -0.4 is 20.9 Å². The molecular weight excluding hydrogens is 869 g/mol. The van der Waals surface area contributed by atoms with Gasteiger partial charge in [-0.05, 0) is 23.9 Å². The van der Waals surface area contributed by atoms with E-state index in [1.165, 1.54) is 10.9 Å². The third kappa shape index (κ3) is 8.90. The van der Waals surface area contributed by atoms with Crippen LogP contribution in [0.5, 0.6) is 0 Å². The molecule has 2 bridgehead atoms. The van der Waals surface area contributed by atoms with Crippen LogP contribution >= 0.6 is 6.72 Å². The molecular formula is C33H35FN13O11PS2. The number of fused-ring (bicyclic) bond motifs is 5. The standard InChI is InChI=1S/C33H35FN13O11PS2/c1-16(2)28(48)42-33-41-27-23(30(50)43-33)44-45-47(27)31-19-11-18(55-31)13-54-59(60,53-10-9-35-3)57-24-20(12-39-61(51,52)58-19)56-32(21(24)34)46-15-38-22-25(36-14-37-26(22)46)40-29(49)17-7-5-4-6-8-17/h4-8,14-16,18-21,24,31-32,39H,9-13H2,1-2H3,(H,36,37,40,49)(H2,41,42,43,48,50)/t18-,19+,20+,21+,24+,31+,32+,59?/m0/s1. The largest absolute Gasteiger partial charge is 0.348 e. The first-order chi connectivity index (χ1) is 29.2. The number of H-pyrrole nitrogens is 1. The van der Waals surface area contributed by atoms with Gasteiger partial charge in [-0.1, -0.05) is 37.3 Å². The molecule has 8 atom stereocenters. The summed E-state index contributed by atoms with van der Waals surface area (Å²) < 4.78 is 84.4. The predicted molar refractivity (Wildman–Crippen MR) is 211 cm³/mol. The number of benzene rings is 1. The highest BCUT2D eigenvalue weighted by atomic mass is 32.5. The van der Waals surface area contributed by atoms with Gasteiger partial charge in [0.2, 0.25) is 18.4 Å². The maximum Gasteiger partial charge on any atom is 0.336 e. The van der Waals surface area contributed by atoms with E-state index in [-0.39, 0.29) is 53.7 Å². The molecule has 28 heteroatoms. The van der Waals surface area contributed by atoms with Crippen LogP contribution in [0.3, 0.4) is 0 Å². The number of rotatable bonds is 9. The van der Waals surface area contributed by atoms with Crippen molar-refractivity contribution < 1.29 is 49.6 Å². The Morgan fingerprint density at radius 1 is 1.11 bits per heavy atom.